The molecule has 0 fully saturated rings. The lowest BCUT2D eigenvalue weighted by Gasteiger charge is -1.99. The van der Waals surface area contributed by atoms with Crippen LogP contribution in [-0.4, -0.2) is 17.1 Å². The van der Waals surface area contributed by atoms with Crippen molar-refractivity contribution in [1.82, 2.24) is 10.4 Å². The van der Waals surface area contributed by atoms with Crippen LogP contribution in [0.15, 0.2) is 52.9 Å². The van der Waals surface area contributed by atoms with Crippen LogP contribution in [0.5, 0.6) is 0 Å². The second-order valence-electron chi connectivity index (χ2n) is 5.45. The van der Waals surface area contributed by atoms with E-state index in [1.165, 1.54) is 23.0 Å². The fourth-order valence-electron chi connectivity index (χ4n) is 2.22. The van der Waals surface area contributed by atoms with Crippen LogP contribution in [0.4, 0.5) is 8.78 Å². The van der Waals surface area contributed by atoms with Crippen LogP contribution in [0.2, 0.25) is 0 Å². The lowest BCUT2D eigenvalue weighted by Crippen LogP contribution is -2.18. The van der Waals surface area contributed by atoms with E-state index in [1.54, 1.807) is 5.38 Å². The zero-order valence-electron chi connectivity index (χ0n) is 13.9. The van der Waals surface area contributed by atoms with Crippen molar-refractivity contribution in [1.29, 1.82) is 0 Å². The Bertz CT molecular complexity index is 952. The molecule has 3 rings (SSSR count). The normalized spacial score (nSPS) is 11.0. The van der Waals surface area contributed by atoms with Crippen molar-refractivity contribution in [3.8, 4) is 10.6 Å². The van der Waals surface area contributed by atoms with E-state index in [0.717, 1.165) is 35.3 Å². The summed E-state index contributed by atoms with van der Waals surface area (Å²) in [5, 5.41) is 6.05. The monoisotopic (exact) mass is 371 g/mol. The first-order valence-electron chi connectivity index (χ1n) is 7.90. The Labute approximate surface area is 153 Å². The molecule has 0 unspecified atom stereocenters. The van der Waals surface area contributed by atoms with Gasteiger partial charge < -0.3 is 0 Å². The maximum absolute atomic E-state index is 13.5. The number of amides is 1. The van der Waals surface area contributed by atoms with Gasteiger partial charge in [0.2, 0.25) is 0 Å². The number of thiazole rings is 1. The van der Waals surface area contributed by atoms with Crippen molar-refractivity contribution < 1.29 is 13.6 Å². The first-order chi connectivity index (χ1) is 12.6. The highest BCUT2D eigenvalue weighted by atomic mass is 32.1. The lowest BCUT2D eigenvalue weighted by atomic mass is 10.1. The maximum atomic E-state index is 13.5. The average molecular weight is 371 g/mol. The van der Waals surface area contributed by atoms with Crippen LogP contribution >= 0.6 is 11.3 Å². The molecule has 1 aromatic heterocycles. The number of benzene rings is 2. The fourth-order valence-corrected chi connectivity index (χ4v) is 3.02. The topological polar surface area (TPSA) is 54.4 Å². The van der Waals surface area contributed by atoms with E-state index in [1.807, 2.05) is 24.3 Å². The van der Waals surface area contributed by atoms with Gasteiger partial charge in [-0.15, -0.1) is 11.3 Å². The number of nitrogens with one attached hydrogen (secondary N) is 1. The zero-order valence-corrected chi connectivity index (χ0v) is 14.7. The molecule has 0 atom stereocenters. The van der Waals surface area contributed by atoms with Crippen LogP contribution in [0, 0.1) is 11.6 Å². The van der Waals surface area contributed by atoms with Crippen molar-refractivity contribution in [3.63, 3.8) is 0 Å². The Balaban J connectivity index is 1.66. The summed E-state index contributed by atoms with van der Waals surface area (Å²) in [4.78, 5) is 16.4. The number of carbonyl (C=O) groups excluding carboxylic acids is 1. The summed E-state index contributed by atoms with van der Waals surface area (Å²) in [6.07, 6.45) is 2.07. The van der Waals surface area contributed by atoms with Gasteiger partial charge >= 0.3 is 0 Å². The Hall–Kier alpha value is -2.93. The summed E-state index contributed by atoms with van der Waals surface area (Å²) in [5.41, 5.74) is 4.74. The van der Waals surface area contributed by atoms with Gasteiger partial charge in [0.15, 0.2) is 0 Å². The SMILES string of the molecule is CCc1ccc(-c2nc(C(=O)N/N=C\c3ccc(F)cc3F)cs2)cc1. The molecule has 2 aromatic carbocycles. The van der Waals surface area contributed by atoms with Crippen molar-refractivity contribution in [2.45, 2.75) is 13.3 Å². The first kappa shape index (κ1) is 17.9. The predicted molar refractivity (Wildman–Crippen MR) is 98.3 cm³/mol. The van der Waals surface area contributed by atoms with Crippen LogP contribution in [-0.2, 0) is 6.42 Å². The molecule has 3 aromatic rings. The summed E-state index contributed by atoms with van der Waals surface area (Å²) in [6, 6.07) is 11.1. The molecule has 1 amide bonds. The second kappa shape index (κ2) is 7.97. The first-order valence-corrected chi connectivity index (χ1v) is 8.78. The summed E-state index contributed by atoms with van der Waals surface area (Å²) in [5.74, 6) is -1.93. The highest BCUT2D eigenvalue weighted by Crippen LogP contribution is 2.24. The minimum Gasteiger partial charge on any atom is -0.266 e. The number of hydrazone groups is 1. The standard InChI is InChI=1S/C19H15F2N3OS/c1-2-12-3-5-13(6-4-12)19-23-17(11-26-19)18(25)24-22-10-14-7-8-15(20)9-16(14)21/h3-11H,2H2,1H3,(H,24,25)/b22-10-. The number of nitrogens with zero attached hydrogens (tertiary/aromatic N) is 2. The molecule has 132 valence electrons. The summed E-state index contributed by atoms with van der Waals surface area (Å²) in [7, 11) is 0. The zero-order chi connectivity index (χ0) is 18.5. The summed E-state index contributed by atoms with van der Waals surface area (Å²) >= 11 is 1.35. The van der Waals surface area contributed by atoms with Crippen molar-refractivity contribution in [2.75, 3.05) is 0 Å². The van der Waals surface area contributed by atoms with Gasteiger partial charge in [-0.2, -0.15) is 5.10 Å². The van der Waals surface area contributed by atoms with Gasteiger partial charge in [0.1, 0.15) is 22.3 Å². The molecule has 0 bridgehead atoms. The third kappa shape index (κ3) is 4.18. The molecule has 0 aliphatic heterocycles. The molecule has 0 aliphatic carbocycles. The second-order valence-corrected chi connectivity index (χ2v) is 6.31. The lowest BCUT2D eigenvalue weighted by molar-refractivity contribution is 0.0951. The average Bonchev–Trinajstić information content (AvgIpc) is 3.14. The van der Waals surface area contributed by atoms with E-state index in [9.17, 15) is 13.6 Å². The third-order valence-corrected chi connectivity index (χ3v) is 4.57. The number of rotatable bonds is 5. The highest BCUT2D eigenvalue weighted by Gasteiger charge is 2.11. The van der Waals surface area contributed by atoms with E-state index in [-0.39, 0.29) is 11.3 Å². The Kier molecular flexibility index (Phi) is 5.48. The molecule has 1 heterocycles. The predicted octanol–water partition coefficient (Wildman–Crippen LogP) is 4.41. The molecule has 0 spiro atoms. The van der Waals surface area contributed by atoms with Gasteiger partial charge in [0, 0.05) is 22.6 Å². The van der Waals surface area contributed by atoms with Crippen molar-refractivity contribution >= 4 is 23.5 Å². The van der Waals surface area contributed by atoms with Gasteiger partial charge in [-0.3, -0.25) is 4.79 Å². The fraction of sp³-hybridized carbons (Fsp3) is 0.105. The molecule has 7 heteroatoms. The Morgan fingerprint density at radius 3 is 2.69 bits per heavy atom. The van der Waals surface area contributed by atoms with E-state index in [2.05, 4.69) is 22.4 Å². The van der Waals surface area contributed by atoms with E-state index in [4.69, 9.17) is 0 Å². The number of aromatic nitrogens is 1. The number of halogens is 2. The number of hydrogen-bond acceptors (Lipinski definition) is 4. The minimum atomic E-state index is -0.755. The third-order valence-electron chi connectivity index (χ3n) is 3.68. The Morgan fingerprint density at radius 1 is 1.23 bits per heavy atom. The van der Waals surface area contributed by atoms with Crippen molar-refractivity contribution in [3.05, 3.63) is 76.3 Å². The van der Waals surface area contributed by atoms with E-state index in [0.29, 0.717) is 0 Å². The van der Waals surface area contributed by atoms with Crippen LogP contribution in [0.3, 0.4) is 0 Å². The van der Waals surface area contributed by atoms with Gasteiger partial charge in [0.05, 0.1) is 6.21 Å². The molecule has 0 aliphatic rings. The van der Waals surface area contributed by atoms with Crippen LogP contribution in [0.1, 0.15) is 28.5 Å². The quantitative estimate of drug-likeness (QED) is 0.533. The minimum absolute atomic E-state index is 0.0710. The molecular formula is C19H15F2N3OS. The largest absolute Gasteiger partial charge is 0.290 e. The van der Waals surface area contributed by atoms with Gasteiger partial charge in [-0.1, -0.05) is 31.2 Å². The Morgan fingerprint density at radius 2 is 2.00 bits per heavy atom. The smallest absolute Gasteiger partial charge is 0.266 e. The molecule has 26 heavy (non-hydrogen) atoms. The number of aryl methyl sites for hydroxylation is 1. The molecular weight excluding hydrogens is 356 g/mol. The molecule has 0 saturated heterocycles. The summed E-state index contributed by atoms with van der Waals surface area (Å²) < 4.78 is 26.3. The summed E-state index contributed by atoms with van der Waals surface area (Å²) in [6.45, 7) is 2.08. The van der Waals surface area contributed by atoms with Gasteiger partial charge in [0.25, 0.3) is 5.91 Å². The number of hydrogen-bond donors (Lipinski definition) is 1. The van der Waals surface area contributed by atoms with Crippen LogP contribution in [0.25, 0.3) is 10.6 Å². The van der Waals surface area contributed by atoms with Crippen LogP contribution < -0.4 is 5.43 Å². The molecule has 4 nitrogen and oxygen atoms in total. The molecule has 1 N–H and O–H groups in total. The highest BCUT2D eigenvalue weighted by molar-refractivity contribution is 7.13. The molecule has 0 saturated carbocycles. The van der Waals surface area contributed by atoms with Gasteiger partial charge in [-0.25, -0.2) is 19.2 Å². The van der Waals surface area contributed by atoms with E-state index >= 15 is 0 Å². The number of carbonyl (C=O) groups is 1. The van der Waals surface area contributed by atoms with Gasteiger partial charge in [-0.05, 0) is 24.1 Å². The molecule has 0 radical (unpaired) electrons. The van der Waals surface area contributed by atoms with E-state index < -0.39 is 17.5 Å². The van der Waals surface area contributed by atoms with Crippen molar-refractivity contribution in [2.24, 2.45) is 5.10 Å². The maximum Gasteiger partial charge on any atom is 0.290 e.